The maximum absolute atomic E-state index is 12.9. The van der Waals surface area contributed by atoms with E-state index in [-0.39, 0.29) is 5.91 Å². The summed E-state index contributed by atoms with van der Waals surface area (Å²) in [7, 11) is 0. The van der Waals surface area contributed by atoms with Gasteiger partial charge in [-0.05, 0) is 31.2 Å². The molecule has 3 aromatic rings. The fraction of sp³-hybridized carbons (Fsp3) is 0.0588. The standard InChI is InChI=1S/C17H14BrN3O/c1-10(19)15-13-7-2-3-8-14(13)21(16(15)20)17(22)11-5-4-6-12(18)9-11/h2-9,19H,20H2,1H3. The van der Waals surface area contributed by atoms with E-state index in [1.165, 1.54) is 4.57 Å². The van der Waals surface area contributed by atoms with Crippen LogP contribution in [-0.2, 0) is 0 Å². The zero-order valence-corrected chi connectivity index (χ0v) is 13.5. The molecule has 1 heterocycles. The van der Waals surface area contributed by atoms with E-state index < -0.39 is 0 Å². The van der Waals surface area contributed by atoms with Gasteiger partial charge in [0.1, 0.15) is 5.82 Å². The molecule has 0 fully saturated rings. The Bertz CT molecular complexity index is 911. The molecule has 22 heavy (non-hydrogen) atoms. The van der Waals surface area contributed by atoms with Crippen molar-refractivity contribution in [3.05, 3.63) is 64.1 Å². The molecule has 0 aliphatic rings. The smallest absolute Gasteiger partial charge is 0.264 e. The summed E-state index contributed by atoms with van der Waals surface area (Å²) in [5.74, 6) is 0.0983. The Morgan fingerprint density at radius 1 is 1.18 bits per heavy atom. The lowest BCUT2D eigenvalue weighted by molar-refractivity contribution is 0.0967. The fourth-order valence-electron chi connectivity index (χ4n) is 2.62. The van der Waals surface area contributed by atoms with Crippen molar-refractivity contribution in [2.75, 3.05) is 5.73 Å². The van der Waals surface area contributed by atoms with Gasteiger partial charge in [-0.25, -0.2) is 0 Å². The number of halogens is 1. The minimum atomic E-state index is -0.206. The second-order valence-electron chi connectivity index (χ2n) is 5.05. The van der Waals surface area contributed by atoms with Crippen LogP contribution in [0.3, 0.4) is 0 Å². The van der Waals surface area contributed by atoms with Crippen molar-refractivity contribution in [1.29, 1.82) is 5.41 Å². The second-order valence-corrected chi connectivity index (χ2v) is 5.97. The molecule has 1 aromatic heterocycles. The van der Waals surface area contributed by atoms with Crippen LogP contribution in [-0.4, -0.2) is 16.2 Å². The molecule has 0 saturated heterocycles. The van der Waals surface area contributed by atoms with E-state index in [1.807, 2.05) is 36.4 Å². The molecule has 3 N–H and O–H groups in total. The molecule has 4 nitrogen and oxygen atoms in total. The lowest BCUT2D eigenvalue weighted by Crippen LogP contribution is -2.15. The Balaban J connectivity index is 2.29. The van der Waals surface area contributed by atoms with Gasteiger partial charge in [-0.15, -0.1) is 0 Å². The minimum absolute atomic E-state index is 0.206. The van der Waals surface area contributed by atoms with Crippen LogP contribution in [0.15, 0.2) is 53.0 Å². The van der Waals surface area contributed by atoms with Gasteiger partial charge in [-0.1, -0.05) is 40.2 Å². The highest BCUT2D eigenvalue weighted by atomic mass is 79.9. The third-order valence-electron chi connectivity index (χ3n) is 3.56. The summed E-state index contributed by atoms with van der Waals surface area (Å²) in [5.41, 5.74) is 8.39. The van der Waals surface area contributed by atoms with E-state index in [2.05, 4.69) is 15.9 Å². The molecule has 2 aromatic carbocycles. The molecule has 0 saturated carbocycles. The lowest BCUT2D eigenvalue weighted by Gasteiger charge is -2.07. The average Bonchev–Trinajstić information content (AvgIpc) is 2.78. The second kappa shape index (κ2) is 5.42. The monoisotopic (exact) mass is 355 g/mol. The first-order valence-electron chi connectivity index (χ1n) is 6.75. The topological polar surface area (TPSA) is 71.9 Å². The van der Waals surface area contributed by atoms with Crippen molar-refractivity contribution in [3.63, 3.8) is 0 Å². The van der Waals surface area contributed by atoms with Crippen LogP contribution in [0.1, 0.15) is 22.8 Å². The summed E-state index contributed by atoms with van der Waals surface area (Å²) in [6.07, 6.45) is 0. The highest BCUT2D eigenvalue weighted by Crippen LogP contribution is 2.29. The highest BCUT2D eigenvalue weighted by Gasteiger charge is 2.21. The summed E-state index contributed by atoms with van der Waals surface area (Å²) in [4.78, 5) is 12.9. The molecule has 110 valence electrons. The summed E-state index contributed by atoms with van der Waals surface area (Å²) in [6.45, 7) is 1.67. The number of nitrogens with one attached hydrogen (secondary N) is 1. The van der Waals surface area contributed by atoms with Gasteiger partial charge in [-0.2, -0.15) is 0 Å². The minimum Gasteiger partial charge on any atom is -0.384 e. The predicted molar refractivity (Wildman–Crippen MR) is 92.7 cm³/mol. The Kier molecular flexibility index (Phi) is 3.58. The average molecular weight is 356 g/mol. The van der Waals surface area contributed by atoms with Crippen molar-refractivity contribution in [2.45, 2.75) is 6.92 Å². The molecule has 0 aliphatic heterocycles. The van der Waals surface area contributed by atoms with E-state index in [0.717, 1.165) is 9.86 Å². The number of carbonyl (C=O) groups is 1. The first-order valence-corrected chi connectivity index (χ1v) is 7.54. The number of hydrogen-bond acceptors (Lipinski definition) is 3. The molecule has 5 heteroatoms. The zero-order valence-electron chi connectivity index (χ0n) is 11.9. The number of rotatable bonds is 2. The van der Waals surface area contributed by atoms with Gasteiger partial charge in [0.2, 0.25) is 0 Å². The van der Waals surface area contributed by atoms with Crippen LogP contribution < -0.4 is 5.73 Å². The summed E-state index contributed by atoms with van der Waals surface area (Å²) in [5, 5.41) is 8.75. The molecule has 0 spiro atoms. The first kappa shape index (κ1) is 14.5. The third kappa shape index (κ3) is 2.23. The summed E-state index contributed by atoms with van der Waals surface area (Å²) < 4.78 is 2.31. The van der Waals surface area contributed by atoms with E-state index >= 15 is 0 Å². The largest absolute Gasteiger partial charge is 0.384 e. The Morgan fingerprint density at radius 3 is 2.59 bits per heavy atom. The molecule has 0 radical (unpaired) electrons. The number of anilines is 1. The van der Waals surface area contributed by atoms with Gasteiger partial charge in [0.15, 0.2) is 0 Å². The van der Waals surface area contributed by atoms with Gasteiger partial charge >= 0.3 is 0 Å². The molecule has 0 unspecified atom stereocenters. The van der Waals surface area contributed by atoms with Gasteiger partial charge in [0, 0.05) is 26.7 Å². The number of aromatic nitrogens is 1. The summed E-state index contributed by atoms with van der Waals surface area (Å²) in [6, 6.07) is 14.6. The van der Waals surface area contributed by atoms with Crippen LogP contribution in [0.2, 0.25) is 0 Å². The lowest BCUT2D eigenvalue weighted by atomic mass is 10.1. The van der Waals surface area contributed by atoms with E-state index in [0.29, 0.717) is 28.2 Å². The molecular weight excluding hydrogens is 342 g/mol. The Morgan fingerprint density at radius 2 is 1.91 bits per heavy atom. The maximum atomic E-state index is 12.9. The SMILES string of the molecule is CC(=N)c1c(N)n(C(=O)c2cccc(Br)c2)c2ccccc12. The third-order valence-corrected chi connectivity index (χ3v) is 4.05. The van der Waals surface area contributed by atoms with E-state index in [9.17, 15) is 4.79 Å². The van der Waals surface area contributed by atoms with E-state index in [1.54, 1.807) is 19.1 Å². The van der Waals surface area contributed by atoms with Gasteiger partial charge in [-0.3, -0.25) is 9.36 Å². The molecule has 0 atom stereocenters. The normalized spacial score (nSPS) is 10.8. The van der Waals surface area contributed by atoms with Crippen LogP contribution in [0, 0.1) is 5.41 Å². The number of fused-ring (bicyclic) bond motifs is 1. The molecule has 0 amide bonds. The number of nitrogens with two attached hydrogens (primary N) is 1. The number of para-hydroxylation sites is 1. The van der Waals surface area contributed by atoms with Gasteiger partial charge < -0.3 is 11.1 Å². The van der Waals surface area contributed by atoms with Gasteiger partial charge in [0.05, 0.1) is 5.52 Å². The number of hydrogen-bond donors (Lipinski definition) is 2. The van der Waals surface area contributed by atoms with Crippen molar-refractivity contribution in [1.82, 2.24) is 4.57 Å². The van der Waals surface area contributed by atoms with Crippen molar-refractivity contribution < 1.29 is 4.79 Å². The number of nitrogen functional groups attached to an aromatic ring is 1. The zero-order chi connectivity index (χ0) is 15.9. The Labute approximate surface area is 136 Å². The number of benzene rings is 2. The van der Waals surface area contributed by atoms with Crippen LogP contribution >= 0.6 is 15.9 Å². The van der Waals surface area contributed by atoms with Crippen molar-refractivity contribution in [2.24, 2.45) is 0 Å². The van der Waals surface area contributed by atoms with Crippen LogP contribution in [0.5, 0.6) is 0 Å². The molecular formula is C17H14BrN3O. The fourth-order valence-corrected chi connectivity index (χ4v) is 3.02. The highest BCUT2D eigenvalue weighted by molar-refractivity contribution is 9.10. The molecule has 0 aliphatic carbocycles. The van der Waals surface area contributed by atoms with Crippen LogP contribution in [0.25, 0.3) is 10.9 Å². The van der Waals surface area contributed by atoms with Crippen LogP contribution in [0.4, 0.5) is 5.82 Å². The van der Waals surface area contributed by atoms with Gasteiger partial charge in [0.25, 0.3) is 5.91 Å². The van der Waals surface area contributed by atoms with Crippen molar-refractivity contribution >= 4 is 44.3 Å². The summed E-state index contributed by atoms with van der Waals surface area (Å²) >= 11 is 3.37. The molecule has 3 rings (SSSR count). The Hall–Kier alpha value is -2.40. The van der Waals surface area contributed by atoms with Crippen molar-refractivity contribution in [3.8, 4) is 0 Å². The predicted octanol–water partition coefficient (Wildman–Crippen LogP) is 4.06. The number of carbonyl (C=O) groups excluding carboxylic acids is 1. The quantitative estimate of drug-likeness (QED) is 0.680. The number of nitrogens with zero attached hydrogens (tertiary/aromatic N) is 1. The van der Waals surface area contributed by atoms with E-state index in [4.69, 9.17) is 11.1 Å². The first-order chi connectivity index (χ1) is 10.5. The molecule has 0 bridgehead atoms. The maximum Gasteiger partial charge on any atom is 0.264 e.